The Labute approximate surface area is 186 Å². The first-order valence-electron chi connectivity index (χ1n) is 10.7. The Morgan fingerprint density at radius 1 is 0.867 bits per heavy atom. The number of carbonyl (C=O) groups excluding carboxylic acids is 2. The molecule has 0 radical (unpaired) electrons. The zero-order chi connectivity index (χ0) is 22.9. The first-order chi connectivity index (χ1) is 14.1. The van der Waals surface area contributed by atoms with Crippen LogP contribution in [0.1, 0.15) is 79.6 Å². The average Bonchev–Trinajstić information content (AvgIpc) is 2.63. The number of carboxylic acid groups (broad SMARTS) is 1. The van der Waals surface area contributed by atoms with Gasteiger partial charge in [-0.1, -0.05) is 34.9 Å². The molecule has 0 rings (SSSR count). The lowest BCUT2D eigenvalue weighted by Gasteiger charge is -2.15. The second kappa shape index (κ2) is 16.9. The van der Waals surface area contributed by atoms with E-state index in [9.17, 15) is 14.4 Å². The Kier molecular flexibility index (Phi) is 15.9. The molecule has 0 aliphatic carbocycles. The second-order valence-electron chi connectivity index (χ2n) is 7.98. The fraction of sp³-hybridized carbons (Fsp3) is 0.625. The van der Waals surface area contributed by atoms with E-state index in [-0.39, 0.29) is 31.0 Å². The molecule has 0 aromatic carbocycles. The molecule has 0 aliphatic heterocycles. The number of amides is 1. The highest BCUT2D eigenvalue weighted by Gasteiger charge is 2.16. The van der Waals surface area contributed by atoms with Crippen LogP contribution in [0.5, 0.6) is 0 Å². The standard InChI is InChI=1S/C24H39NO4S/c1-18(2)9-6-10-19(3)11-7-12-20(4)15-16-30-17-22(21(5)26)25-23(27)13-8-14-24(28)29/h9,11,15,22H,6-8,10,12-14,16-17H2,1-5H3,(H,25,27)(H,28,29)/b19-11+,20-15+. The van der Waals surface area contributed by atoms with Crippen molar-refractivity contribution in [3.63, 3.8) is 0 Å². The van der Waals surface area contributed by atoms with E-state index in [0.29, 0.717) is 5.75 Å². The number of carboxylic acids is 1. The van der Waals surface area contributed by atoms with E-state index in [4.69, 9.17) is 5.11 Å². The summed E-state index contributed by atoms with van der Waals surface area (Å²) >= 11 is 1.61. The normalized spacial score (nSPS) is 13.0. The SMILES string of the molecule is CC(=O)C(CSC/C=C(\C)CC/C=C(\C)CCC=C(C)C)NC(=O)CCCC(=O)O. The maximum Gasteiger partial charge on any atom is 0.303 e. The fourth-order valence-corrected chi connectivity index (χ4v) is 3.75. The van der Waals surface area contributed by atoms with Crippen molar-refractivity contribution in [3.8, 4) is 0 Å². The number of allylic oxidation sites excluding steroid dienone is 5. The molecule has 0 fully saturated rings. The summed E-state index contributed by atoms with van der Waals surface area (Å²) in [7, 11) is 0. The topological polar surface area (TPSA) is 83.5 Å². The molecule has 0 saturated carbocycles. The van der Waals surface area contributed by atoms with Gasteiger partial charge < -0.3 is 10.4 Å². The molecular formula is C24H39NO4S. The van der Waals surface area contributed by atoms with Gasteiger partial charge in [-0.3, -0.25) is 14.4 Å². The molecule has 1 amide bonds. The van der Waals surface area contributed by atoms with Crippen molar-refractivity contribution >= 4 is 29.4 Å². The number of hydrogen-bond acceptors (Lipinski definition) is 4. The van der Waals surface area contributed by atoms with Crippen LogP contribution in [0.25, 0.3) is 0 Å². The highest BCUT2D eigenvalue weighted by atomic mass is 32.2. The van der Waals surface area contributed by atoms with Crippen molar-refractivity contribution in [2.75, 3.05) is 11.5 Å². The maximum absolute atomic E-state index is 11.9. The van der Waals surface area contributed by atoms with Gasteiger partial charge in [-0.05, 0) is 66.7 Å². The van der Waals surface area contributed by atoms with Gasteiger partial charge >= 0.3 is 5.97 Å². The third-order valence-corrected chi connectivity index (χ3v) is 5.55. The summed E-state index contributed by atoms with van der Waals surface area (Å²) < 4.78 is 0. The summed E-state index contributed by atoms with van der Waals surface area (Å²) in [6, 6.07) is -0.521. The molecule has 0 heterocycles. The van der Waals surface area contributed by atoms with E-state index in [2.05, 4.69) is 51.2 Å². The van der Waals surface area contributed by atoms with Crippen molar-refractivity contribution in [2.45, 2.75) is 85.6 Å². The third kappa shape index (κ3) is 17.1. The van der Waals surface area contributed by atoms with Crippen LogP contribution in [-0.4, -0.2) is 40.3 Å². The van der Waals surface area contributed by atoms with E-state index in [1.54, 1.807) is 11.8 Å². The zero-order valence-corrected chi connectivity index (χ0v) is 20.1. The van der Waals surface area contributed by atoms with Crippen molar-refractivity contribution in [3.05, 3.63) is 34.9 Å². The lowest BCUT2D eigenvalue weighted by Crippen LogP contribution is -2.41. The molecule has 170 valence electrons. The number of hydrogen-bond donors (Lipinski definition) is 2. The third-order valence-electron chi connectivity index (χ3n) is 4.58. The number of aliphatic carboxylic acids is 1. The fourth-order valence-electron chi connectivity index (χ4n) is 2.65. The molecule has 0 saturated heterocycles. The molecular weight excluding hydrogens is 398 g/mol. The highest BCUT2D eigenvalue weighted by molar-refractivity contribution is 7.99. The summed E-state index contributed by atoms with van der Waals surface area (Å²) in [5, 5.41) is 11.3. The van der Waals surface area contributed by atoms with Crippen LogP contribution in [0.15, 0.2) is 34.9 Å². The van der Waals surface area contributed by atoms with E-state index >= 15 is 0 Å². The van der Waals surface area contributed by atoms with Crippen molar-refractivity contribution in [1.29, 1.82) is 0 Å². The number of thioether (sulfide) groups is 1. The van der Waals surface area contributed by atoms with Gasteiger partial charge in [-0.25, -0.2) is 0 Å². The van der Waals surface area contributed by atoms with Crippen LogP contribution in [0, 0.1) is 0 Å². The van der Waals surface area contributed by atoms with Gasteiger partial charge in [0.25, 0.3) is 0 Å². The summed E-state index contributed by atoms with van der Waals surface area (Å²) in [4.78, 5) is 34.1. The van der Waals surface area contributed by atoms with Crippen molar-refractivity contribution < 1.29 is 19.5 Å². The smallest absolute Gasteiger partial charge is 0.303 e. The molecule has 2 N–H and O–H groups in total. The zero-order valence-electron chi connectivity index (χ0n) is 19.3. The number of Topliss-reactive ketones (excluding diaryl/α,β-unsaturated/α-hetero) is 1. The van der Waals surface area contributed by atoms with Gasteiger partial charge in [-0.15, -0.1) is 0 Å². The predicted molar refractivity (Wildman–Crippen MR) is 127 cm³/mol. The Morgan fingerprint density at radius 2 is 1.47 bits per heavy atom. The lowest BCUT2D eigenvalue weighted by molar-refractivity contribution is -0.137. The molecule has 1 atom stereocenters. The second-order valence-corrected chi connectivity index (χ2v) is 9.05. The Balaban J connectivity index is 4.19. The molecule has 0 aromatic heterocycles. The molecule has 0 aliphatic rings. The molecule has 0 aromatic rings. The molecule has 0 bridgehead atoms. The van der Waals surface area contributed by atoms with Crippen LogP contribution >= 0.6 is 11.8 Å². The summed E-state index contributed by atoms with van der Waals surface area (Å²) in [6.07, 6.45) is 11.4. The summed E-state index contributed by atoms with van der Waals surface area (Å²) in [5.41, 5.74) is 4.12. The van der Waals surface area contributed by atoms with E-state index in [1.807, 2.05) is 0 Å². The van der Waals surface area contributed by atoms with Gasteiger partial charge in [0.15, 0.2) is 5.78 Å². The maximum atomic E-state index is 11.9. The largest absolute Gasteiger partial charge is 0.481 e. The van der Waals surface area contributed by atoms with Crippen LogP contribution in [0.4, 0.5) is 0 Å². The van der Waals surface area contributed by atoms with Crippen molar-refractivity contribution in [2.24, 2.45) is 0 Å². The Bertz CT molecular complexity index is 646. The molecule has 30 heavy (non-hydrogen) atoms. The number of carbonyl (C=O) groups is 3. The van der Waals surface area contributed by atoms with Gasteiger partial charge in [0.05, 0.1) is 6.04 Å². The van der Waals surface area contributed by atoms with Gasteiger partial charge in [0.1, 0.15) is 0 Å². The van der Waals surface area contributed by atoms with Crippen LogP contribution in [-0.2, 0) is 14.4 Å². The van der Waals surface area contributed by atoms with Gasteiger partial charge in [0, 0.05) is 24.3 Å². The Morgan fingerprint density at radius 3 is 2.03 bits per heavy atom. The van der Waals surface area contributed by atoms with Crippen LogP contribution in [0.2, 0.25) is 0 Å². The lowest BCUT2D eigenvalue weighted by atomic mass is 10.1. The first kappa shape index (κ1) is 28.2. The van der Waals surface area contributed by atoms with Crippen molar-refractivity contribution in [1.82, 2.24) is 5.32 Å². The predicted octanol–water partition coefficient (Wildman–Crippen LogP) is 5.47. The Hall–Kier alpha value is -1.82. The number of ketones is 1. The average molecular weight is 438 g/mol. The molecule has 0 spiro atoms. The molecule has 5 nitrogen and oxygen atoms in total. The number of nitrogens with one attached hydrogen (secondary N) is 1. The van der Waals surface area contributed by atoms with Gasteiger partial charge in [0.2, 0.25) is 5.91 Å². The first-order valence-corrected chi connectivity index (χ1v) is 11.8. The highest BCUT2D eigenvalue weighted by Crippen LogP contribution is 2.13. The summed E-state index contributed by atoms with van der Waals surface area (Å²) in [5.74, 6) is 0.0537. The van der Waals surface area contributed by atoms with E-state index < -0.39 is 12.0 Å². The van der Waals surface area contributed by atoms with Crippen LogP contribution in [0.3, 0.4) is 0 Å². The monoisotopic (exact) mass is 437 g/mol. The van der Waals surface area contributed by atoms with E-state index in [0.717, 1.165) is 31.4 Å². The van der Waals surface area contributed by atoms with Crippen LogP contribution < -0.4 is 5.32 Å². The quantitative estimate of drug-likeness (QED) is 0.247. The molecule has 1 unspecified atom stereocenters. The minimum absolute atomic E-state index is 0.0405. The minimum atomic E-state index is -0.919. The number of rotatable bonds is 16. The van der Waals surface area contributed by atoms with Gasteiger partial charge in [-0.2, -0.15) is 11.8 Å². The molecule has 6 heteroatoms. The summed E-state index contributed by atoms with van der Waals surface area (Å²) in [6.45, 7) is 10.0. The minimum Gasteiger partial charge on any atom is -0.481 e. The van der Waals surface area contributed by atoms with E-state index in [1.165, 1.54) is 23.6 Å².